The van der Waals surface area contributed by atoms with Gasteiger partial charge in [0.1, 0.15) is 6.29 Å². The maximum atomic E-state index is 11.6. The van der Waals surface area contributed by atoms with E-state index in [1.165, 1.54) is 0 Å². The highest BCUT2D eigenvalue weighted by Gasteiger charge is 2.23. The van der Waals surface area contributed by atoms with Crippen molar-refractivity contribution in [3.05, 3.63) is 0 Å². The molecule has 1 aliphatic heterocycles. The van der Waals surface area contributed by atoms with Crippen molar-refractivity contribution in [2.45, 2.75) is 25.3 Å². The topological polar surface area (TPSA) is 95.7 Å². The molecule has 1 rings (SSSR count). The summed E-state index contributed by atoms with van der Waals surface area (Å²) >= 11 is 0. The van der Waals surface area contributed by atoms with E-state index in [1.54, 1.807) is 0 Å². The third-order valence-electron chi connectivity index (χ3n) is 3.51. The lowest BCUT2D eigenvalue weighted by molar-refractivity contribution is -0.125. The van der Waals surface area contributed by atoms with Gasteiger partial charge in [0, 0.05) is 25.6 Å². The van der Waals surface area contributed by atoms with Gasteiger partial charge in [-0.05, 0) is 26.4 Å². The van der Waals surface area contributed by atoms with Crippen molar-refractivity contribution in [2.75, 3.05) is 39.8 Å². The van der Waals surface area contributed by atoms with E-state index in [4.69, 9.17) is 5.73 Å². The molecule has 7 nitrogen and oxygen atoms in total. The van der Waals surface area contributed by atoms with Crippen LogP contribution in [0.3, 0.4) is 0 Å². The summed E-state index contributed by atoms with van der Waals surface area (Å²) in [5.41, 5.74) is 4.96. The Morgan fingerprint density at radius 2 is 2.25 bits per heavy atom. The fourth-order valence-corrected chi connectivity index (χ4v) is 2.48. The summed E-state index contributed by atoms with van der Waals surface area (Å²) in [4.78, 5) is 37.2. The number of hydrogen-bond donors (Lipinski definition) is 2. The van der Waals surface area contributed by atoms with Crippen molar-refractivity contribution in [1.82, 2.24) is 15.1 Å². The first kappa shape index (κ1) is 16.6. The highest BCUT2D eigenvalue weighted by atomic mass is 16.2. The summed E-state index contributed by atoms with van der Waals surface area (Å²) < 4.78 is 0. The molecule has 0 aliphatic carbocycles. The fraction of sp³-hybridized carbons (Fsp3) is 0.769. The number of aldehydes is 1. The number of likely N-dealkylation sites (tertiary alicyclic amines) is 1. The molecule has 2 amide bonds. The van der Waals surface area contributed by atoms with Crippen molar-refractivity contribution in [3.63, 3.8) is 0 Å². The zero-order chi connectivity index (χ0) is 15.0. The summed E-state index contributed by atoms with van der Waals surface area (Å²) in [6.45, 7) is 2.70. The van der Waals surface area contributed by atoms with E-state index in [9.17, 15) is 14.4 Å². The SMILES string of the molecule is CN1CCCC(N(CC=O)CCC(=O)NCC(N)=O)C1. The van der Waals surface area contributed by atoms with Crippen LogP contribution in [-0.4, -0.2) is 73.7 Å². The lowest BCUT2D eigenvalue weighted by atomic mass is 10.0. The second-order valence-corrected chi connectivity index (χ2v) is 5.21. The molecular weight excluding hydrogens is 260 g/mol. The van der Waals surface area contributed by atoms with Crippen molar-refractivity contribution in [2.24, 2.45) is 5.73 Å². The third kappa shape index (κ3) is 6.12. The first-order chi connectivity index (χ1) is 9.52. The molecule has 1 heterocycles. The molecule has 20 heavy (non-hydrogen) atoms. The van der Waals surface area contributed by atoms with E-state index in [1.807, 2.05) is 4.90 Å². The van der Waals surface area contributed by atoms with Crippen LogP contribution in [0.4, 0.5) is 0 Å². The number of likely N-dealkylation sites (N-methyl/N-ethyl adjacent to an activating group) is 1. The Balaban J connectivity index is 2.39. The number of nitrogens with two attached hydrogens (primary N) is 1. The maximum Gasteiger partial charge on any atom is 0.236 e. The number of carbonyl (C=O) groups excluding carboxylic acids is 3. The van der Waals surface area contributed by atoms with Gasteiger partial charge in [-0.1, -0.05) is 0 Å². The molecule has 114 valence electrons. The molecule has 0 aromatic heterocycles. The number of hydrogen-bond acceptors (Lipinski definition) is 5. The van der Waals surface area contributed by atoms with E-state index in [2.05, 4.69) is 17.3 Å². The van der Waals surface area contributed by atoms with E-state index in [0.717, 1.165) is 32.2 Å². The van der Waals surface area contributed by atoms with Crippen molar-refractivity contribution in [3.8, 4) is 0 Å². The van der Waals surface area contributed by atoms with Crippen LogP contribution in [0.15, 0.2) is 0 Å². The summed E-state index contributed by atoms with van der Waals surface area (Å²) in [7, 11) is 2.06. The quantitative estimate of drug-likeness (QED) is 0.533. The molecule has 0 radical (unpaired) electrons. The Hall–Kier alpha value is -1.47. The molecule has 1 aliphatic rings. The summed E-state index contributed by atoms with van der Waals surface area (Å²) in [6, 6.07) is 0.308. The second kappa shape index (κ2) is 8.65. The van der Waals surface area contributed by atoms with Gasteiger partial charge < -0.3 is 20.7 Å². The molecule has 1 saturated heterocycles. The van der Waals surface area contributed by atoms with Crippen LogP contribution >= 0.6 is 0 Å². The van der Waals surface area contributed by atoms with Gasteiger partial charge in [-0.2, -0.15) is 0 Å². The van der Waals surface area contributed by atoms with E-state index >= 15 is 0 Å². The first-order valence-corrected chi connectivity index (χ1v) is 6.94. The third-order valence-corrected chi connectivity index (χ3v) is 3.51. The largest absolute Gasteiger partial charge is 0.368 e. The first-order valence-electron chi connectivity index (χ1n) is 6.94. The average molecular weight is 284 g/mol. The van der Waals surface area contributed by atoms with Gasteiger partial charge in [-0.3, -0.25) is 14.5 Å². The fourth-order valence-electron chi connectivity index (χ4n) is 2.48. The van der Waals surface area contributed by atoms with Crippen molar-refractivity contribution >= 4 is 18.1 Å². The molecule has 0 aromatic rings. The molecule has 1 atom stereocenters. The number of carbonyl (C=O) groups is 3. The van der Waals surface area contributed by atoms with Crippen LogP contribution in [0, 0.1) is 0 Å². The van der Waals surface area contributed by atoms with Crippen LogP contribution in [0.25, 0.3) is 0 Å². The van der Waals surface area contributed by atoms with Gasteiger partial charge >= 0.3 is 0 Å². The number of piperidine rings is 1. The average Bonchev–Trinajstić information content (AvgIpc) is 2.41. The van der Waals surface area contributed by atoms with Gasteiger partial charge in [-0.25, -0.2) is 0 Å². The van der Waals surface area contributed by atoms with E-state index in [0.29, 0.717) is 19.1 Å². The van der Waals surface area contributed by atoms with Crippen LogP contribution < -0.4 is 11.1 Å². The number of primary amides is 1. The summed E-state index contributed by atoms with van der Waals surface area (Å²) in [6.07, 6.45) is 3.28. The Labute approximate surface area is 119 Å². The van der Waals surface area contributed by atoms with Gasteiger partial charge in [0.25, 0.3) is 0 Å². The number of nitrogens with zero attached hydrogens (tertiary/aromatic N) is 2. The van der Waals surface area contributed by atoms with Crippen LogP contribution in [0.1, 0.15) is 19.3 Å². The minimum Gasteiger partial charge on any atom is -0.368 e. The highest BCUT2D eigenvalue weighted by molar-refractivity contribution is 5.83. The molecule has 7 heteroatoms. The molecule has 1 unspecified atom stereocenters. The Morgan fingerprint density at radius 1 is 1.50 bits per heavy atom. The lowest BCUT2D eigenvalue weighted by Crippen LogP contribution is -2.48. The molecular formula is C13H24N4O3. The molecule has 0 saturated carbocycles. The van der Waals surface area contributed by atoms with Gasteiger partial charge in [0.05, 0.1) is 13.1 Å². The molecule has 0 aromatic carbocycles. The molecule has 3 N–H and O–H groups in total. The minimum atomic E-state index is -0.558. The van der Waals surface area contributed by atoms with Gasteiger partial charge in [0.2, 0.25) is 11.8 Å². The smallest absolute Gasteiger partial charge is 0.236 e. The predicted octanol–water partition coefficient (Wildman–Crippen LogP) is -1.43. The number of amides is 2. The Bertz CT molecular complexity index is 349. The van der Waals surface area contributed by atoms with Crippen molar-refractivity contribution < 1.29 is 14.4 Å². The minimum absolute atomic E-state index is 0.140. The van der Waals surface area contributed by atoms with Crippen LogP contribution in [0.5, 0.6) is 0 Å². The highest BCUT2D eigenvalue weighted by Crippen LogP contribution is 2.14. The maximum absolute atomic E-state index is 11.6. The zero-order valence-electron chi connectivity index (χ0n) is 12.0. The second-order valence-electron chi connectivity index (χ2n) is 5.21. The molecule has 0 spiro atoms. The van der Waals surface area contributed by atoms with Crippen LogP contribution in [-0.2, 0) is 14.4 Å². The van der Waals surface area contributed by atoms with E-state index < -0.39 is 5.91 Å². The Kier molecular flexibility index (Phi) is 7.17. The summed E-state index contributed by atoms with van der Waals surface area (Å²) in [5, 5.41) is 2.45. The molecule has 1 fully saturated rings. The number of rotatable bonds is 8. The van der Waals surface area contributed by atoms with Crippen LogP contribution in [0.2, 0.25) is 0 Å². The van der Waals surface area contributed by atoms with Gasteiger partial charge in [-0.15, -0.1) is 0 Å². The van der Waals surface area contributed by atoms with Crippen molar-refractivity contribution in [1.29, 1.82) is 0 Å². The standard InChI is InChI=1S/C13H24N4O3/c1-16-5-2-3-11(10-16)17(7-8-18)6-4-13(20)15-9-12(14)19/h8,11H,2-7,9-10H2,1H3,(H2,14,19)(H,15,20). The monoisotopic (exact) mass is 284 g/mol. The number of nitrogens with one attached hydrogen (secondary N) is 1. The van der Waals surface area contributed by atoms with Gasteiger partial charge in [0.15, 0.2) is 0 Å². The predicted molar refractivity (Wildman–Crippen MR) is 75.0 cm³/mol. The zero-order valence-corrected chi connectivity index (χ0v) is 12.0. The summed E-state index contributed by atoms with van der Waals surface area (Å²) in [5.74, 6) is -0.777. The lowest BCUT2D eigenvalue weighted by Gasteiger charge is -2.37. The van der Waals surface area contributed by atoms with E-state index in [-0.39, 0.29) is 18.9 Å². The normalized spacial score (nSPS) is 19.8. The molecule has 0 bridgehead atoms. The Morgan fingerprint density at radius 3 is 2.85 bits per heavy atom.